The molecule has 0 aliphatic heterocycles. The van der Waals surface area contributed by atoms with Gasteiger partial charge in [0.1, 0.15) is 6.04 Å². The van der Waals surface area contributed by atoms with Crippen molar-refractivity contribution in [2.24, 2.45) is 0 Å². The molecule has 142 valence electrons. The number of methoxy groups -OCH3 is 1. The Balaban J connectivity index is 1.51. The van der Waals surface area contributed by atoms with E-state index < -0.39 is 12.0 Å². The van der Waals surface area contributed by atoms with Crippen molar-refractivity contribution < 1.29 is 14.3 Å². The number of para-hydroxylation sites is 2. The van der Waals surface area contributed by atoms with Gasteiger partial charge in [0.25, 0.3) is 0 Å². The number of benzene rings is 2. The van der Waals surface area contributed by atoms with E-state index in [1.54, 1.807) is 0 Å². The van der Waals surface area contributed by atoms with Gasteiger partial charge < -0.3 is 20.0 Å². The zero-order chi connectivity index (χ0) is 19.5. The van der Waals surface area contributed by atoms with E-state index in [-0.39, 0.29) is 12.3 Å². The van der Waals surface area contributed by atoms with Crippen molar-refractivity contribution in [3.05, 3.63) is 72.1 Å². The Hall–Kier alpha value is -3.54. The molecule has 2 aromatic heterocycles. The topological polar surface area (TPSA) is 87.0 Å². The molecule has 0 unspecified atom stereocenters. The minimum absolute atomic E-state index is 0.186. The highest BCUT2D eigenvalue weighted by molar-refractivity contribution is 5.91. The summed E-state index contributed by atoms with van der Waals surface area (Å²) in [6.45, 7) is 0. The molecule has 2 heterocycles. The van der Waals surface area contributed by atoms with Crippen molar-refractivity contribution >= 4 is 33.7 Å². The van der Waals surface area contributed by atoms with E-state index in [1.165, 1.54) is 7.11 Å². The van der Waals surface area contributed by atoms with Gasteiger partial charge in [-0.2, -0.15) is 0 Å². The number of hydrogen-bond donors (Lipinski definition) is 3. The molecule has 2 aromatic carbocycles. The zero-order valence-corrected chi connectivity index (χ0v) is 15.5. The summed E-state index contributed by atoms with van der Waals surface area (Å²) in [5.41, 5.74) is 3.82. The average Bonchev–Trinajstić information content (AvgIpc) is 3.31. The largest absolute Gasteiger partial charge is 0.467 e. The predicted molar refractivity (Wildman–Crippen MR) is 108 cm³/mol. The van der Waals surface area contributed by atoms with Gasteiger partial charge in [-0.05, 0) is 23.3 Å². The second-order valence-electron chi connectivity index (χ2n) is 6.74. The zero-order valence-electron chi connectivity index (χ0n) is 15.5. The third kappa shape index (κ3) is 3.49. The Morgan fingerprint density at radius 3 is 2.14 bits per heavy atom. The van der Waals surface area contributed by atoms with Crippen LogP contribution >= 0.6 is 0 Å². The Morgan fingerprint density at radius 2 is 1.50 bits per heavy atom. The number of aromatic amines is 2. The van der Waals surface area contributed by atoms with Crippen LogP contribution in [0.15, 0.2) is 60.9 Å². The predicted octanol–water partition coefficient (Wildman–Crippen LogP) is 3.09. The molecule has 0 spiro atoms. The van der Waals surface area contributed by atoms with E-state index in [1.807, 2.05) is 60.9 Å². The van der Waals surface area contributed by atoms with E-state index in [0.29, 0.717) is 6.42 Å². The molecule has 0 bridgehead atoms. The molecule has 0 aliphatic rings. The molecule has 3 N–H and O–H groups in total. The first-order chi connectivity index (χ1) is 13.7. The van der Waals surface area contributed by atoms with Gasteiger partial charge in [-0.15, -0.1) is 0 Å². The molecular weight excluding hydrogens is 354 g/mol. The second kappa shape index (κ2) is 7.60. The minimum atomic E-state index is -0.748. The summed E-state index contributed by atoms with van der Waals surface area (Å²) in [7, 11) is 1.33. The van der Waals surface area contributed by atoms with Gasteiger partial charge in [0.15, 0.2) is 0 Å². The quantitative estimate of drug-likeness (QED) is 0.453. The van der Waals surface area contributed by atoms with E-state index >= 15 is 0 Å². The number of hydrogen-bond acceptors (Lipinski definition) is 3. The summed E-state index contributed by atoms with van der Waals surface area (Å²) in [5.74, 6) is -0.683. The van der Waals surface area contributed by atoms with E-state index in [2.05, 4.69) is 15.3 Å². The molecule has 4 rings (SSSR count). The minimum Gasteiger partial charge on any atom is -0.467 e. The molecule has 6 nitrogen and oxygen atoms in total. The standard InChI is InChI=1S/C22H21N3O3/c1-28-22(27)20(10-14-12-23-18-8-4-2-6-16(14)18)25-21(26)11-15-13-24-19-9-5-3-7-17(15)19/h2-9,12-13,20,23-24H,10-11H2,1H3,(H,25,26)/t20-/m1/s1. The van der Waals surface area contributed by atoms with Crippen LogP contribution in [0.2, 0.25) is 0 Å². The van der Waals surface area contributed by atoms with Gasteiger partial charge in [0.05, 0.1) is 13.5 Å². The molecule has 1 atom stereocenters. The summed E-state index contributed by atoms with van der Waals surface area (Å²) in [4.78, 5) is 31.3. The molecular formula is C22H21N3O3. The summed E-state index contributed by atoms with van der Waals surface area (Å²) in [6.07, 6.45) is 4.24. The maximum Gasteiger partial charge on any atom is 0.328 e. The first-order valence-corrected chi connectivity index (χ1v) is 9.13. The fraction of sp³-hybridized carbons (Fsp3) is 0.182. The van der Waals surface area contributed by atoms with Crippen molar-refractivity contribution in [1.29, 1.82) is 0 Å². The van der Waals surface area contributed by atoms with Crippen molar-refractivity contribution in [2.75, 3.05) is 7.11 Å². The monoisotopic (exact) mass is 375 g/mol. The normalized spacial score (nSPS) is 12.2. The van der Waals surface area contributed by atoms with Gasteiger partial charge in [-0.1, -0.05) is 36.4 Å². The SMILES string of the molecule is COC(=O)[C@@H](Cc1c[nH]c2ccccc12)NC(=O)Cc1c[nH]c2ccccc12. The number of ether oxygens (including phenoxy) is 1. The Bertz CT molecular complexity index is 1140. The Labute approximate surface area is 161 Å². The van der Waals surface area contributed by atoms with Crippen LogP contribution in [0.4, 0.5) is 0 Å². The number of carbonyl (C=O) groups is 2. The number of aromatic nitrogens is 2. The number of rotatable bonds is 6. The second-order valence-corrected chi connectivity index (χ2v) is 6.74. The van der Waals surface area contributed by atoms with Crippen LogP contribution in [0.25, 0.3) is 21.8 Å². The van der Waals surface area contributed by atoms with Crippen LogP contribution in [0.3, 0.4) is 0 Å². The van der Waals surface area contributed by atoms with E-state index in [9.17, 15) is 9.59 Å². The number of fused-ring (bicyclic) bond motifs is 2. The maximum atomic E-state index is 12.6. The number of esters is 1. The van der Waals surface area contributed by atoms with Gasteiger partial charge in [-0.25, -0.2) is 4.79 Å². The third-order valence-corrected chi connectivity index (χ3v) is 4.95. The van der Waals surface area contributed by atoms with Crippen LogP contribution in [0.5, 0.6) is 0 Å². The molecule has 0 saturated heterocycles. The third-order valence-electron chi connectivity index (χ3n) is 4.95. The molecule has 28 heavy (non-hydrogen) atoms. The van der Waals surface area contributed by atoms with Crippen molar-refractivity contribution in [2.45, 2.75) is 18.9 Å². The van der Waals surface area contributed by atoms with Gasteiger partial charge >= 0.3 is 5.97 Å². The number of nitrogens with one attached hydrogen (secondary N) is 3. The molecule has 1 amide bonds. The Morgan fingerprint density at radius 1 is 0.929 bits per heavy atom. The highest BCUT2D eigenvalue weighted by Gasteiger charge is 2.23. The van der Waals surface area contributed by atoms with Crippen LogP contribution in [0, 0.1) is 0 Å². The van der Waals surface area contributed by atoms with E-state index in [0.717, 1.165) is 32.9 Å². The number of amides is 1. The lowest BCUT2D eigenvalue weighted by Gasteiger charge is -2.16. The smallest absolute Gasteiger partial charge is 0.328 e. The van der Waals surface area contributed by atoms with Gasteiger partial charge in [0.2, 0.25) is 5.91 Å². The number of carbonyl (C=O) groups excluding carboxylic acids is 2. The lowest BCUT2D eigenvalue weighted by molar-refractivity contribution is -0.145. The molecule has 0 aliphatic carbocycles. The molecule has 0 fully saturated rings. The fourth-order valence-corrected chi connectivity index (χ4v) is 3.55. The first kappa shape index (κ1) is 17.9. The number of H-pyrrole nitrogens is 2. The van der Waals surface area contributed by atoms with E-state index in [4.69, 9.17) is 4.74 Å². The summed E-state index contributed by atoms with van der Waals surface area (Å²) >= 11 is 0. The summed E-state index contributed by atoms with van der Waals surface area (Å²) in [5, 5.41) is 4.87. The van der Waals surface area contributed by atoms with Crippen LogP contribution in [-0.4, -0.2) is 35.0 Å². The molecule has 4 aromatic rings. The summed E-state index contributed by atoms with van der Waals surface area (Å²) < 4.78 is 4.91. The molecule has 6 heteroatoms. The summed E-state index contributed by atoms with van der Waals surface area (Å²) in [6, 6.07) is 14.9. The average molecular weight is 375 g/mol. The fourth-order valence-electron chi connectivity index (χ4n) is 3.55. The van der Waals surface area contributed by atoms with Crippen LogP contribution in [-0.2, 0) is 27.2 Å². The lowest BCUT2D eigenvalue weighted by Crippen LogP contribution is -2.43. The van der Waals surface area contributed by atoms with Gasteiger partial charge in [0, 0.05) is 40.6 Å². The van der Waals surface area contributed by atoms with Crippen LogP contribution in [0.1, 0.15) is 11.1 Å². The van der Waals surface area contributed by atoms with Crippen LogP contribution < -0.4 is 5.32 Å². The highest BCUT2D eigenvalue weighted by atomic mass is 16.5. The van der Waals surface area contributed by atoms with Gasteiger partial charge in [-0.3, -0.25) is 4.79 Å². The first-order valence-electron chi connectivity index (χ1n) is 9.13. The van der Waals surface area contributed by atoms with Crippen molar-refractivity contribution in [3.63, 3.8) is 0 Å². The Kier molecular flexibility index (Phi) is 4.85. The highest BCUT2D eigenvalue weighted by Crippen LogP contribution is 2.20. The molecule has 0 radical (unpaired) electrons. The van der Waals surface area contributed by atoms with Crippen molar-refractivity contribution in [3.8, 4) is 0 Å². The maximum absolute atomic E-state index is 12.6. The lowest BCUT2D eigenvalue weighted by atomic mass is 10.0. The molecule has 0 saturated carbocycles. The van der Waals surface area contributed by atoms with Crippen molar-refractivity contribution in [1.82, 2.24) is 15.3 Å².